The minimum atomic E-state index is -0.375. The Hall–Kier alpha value is -2.03. The second kappa shape index (κ2) is 4.33. The van der Waals surface area contributed by atoms with E-state index in [1.165, 1.54) is 11.1 Å². The van der Waals surface area contributed by atoms with Gasteiger partial charge in [0, 0.05) is 24.0 Å². The van der Waals surface area contributed by atoms with Crippen LogP contribution in [0.4, 0.5) is 0 Å². The SMILES string of the molecule is Cc1ccc(C)c(-c2cc(C(N)=O)c(C)n2C)c1. The first-order chi connectivity index (χ1) is 8.41. The van der Waals surface area contributed by atoms with Gasteiger partial charge < -0.3 is 10.3 Å². The first-order valence-corrected chi connectivity index (χ1v) is 5.95. The summed E-state index contributed by atoms with van der Waals surface area (Å²) in [6, 6.07) is 8.19. The highest BCUT2D eigenvalue weighted by molar-refractivity contribution is 5.95. The normalized spacial score (nSPS) is 10.7. The van der Waals surface area contributed by atoms with E-state index in [4.69, 9.17) is 5.73 Å². The molecular formula is C15H18N2O. The van der Waals surface area contributed by atoms with E-state index in [0.717, 1.165) is 17.0 Å². The van der Waals surface area contributed by atoms with Crippen LogP contribution in [0, 0.1) is 20.8 Å². The highest BCUT2D eigenvalue weighted by Gasteiger charge is 2.15. The Balaban J connectivity index is 2.68. The molecule has 0 bridgehead atoms. The summed E-state index contributed by atoms with van der Waals surface area (Å²) in [5, 5.41) is 0. The number of nitrogens with zero attached hydrogens (tertiary/aromatic N) is 1. The van der Waals surface area contributed by atoms with E-state index < -0.39 is 0 Å². The Morgan fingerprint density at radius 3 is 2.39 bits per heavy atom. The van der Waals surface area contributed by atoms with Gasteiger partial charge in [-0.05, 0) is 38.5 Å². The van der Waals surface area contributed by atoms with Crippen LogP contribution in [0.25, 0.3) is 11.3 Å². The fraction of sp³-hybridized carbons (Fsp3) is 0.267. The second-order valence-corrected chi connectivity index (χ2v) is 4.77. The summed E-state index contributed by atoms with van der Waals surface area (Å²) in [4.78, 5) is 11.4. The van der Waals surface area contributed by atoms with E-state index in [9.17, 15) is 4.79 Å². The van der Waals surface area contributed by atoms with Crippen LogP contribution in [0.3, 0.4) is 0 Å². The van der Waals surface area contributed by atoms with E-state index >= 15 is 0 Å². The summed E-state index contributed by atoms with van der Waals surface area (Å²) in [6.45, 7) is 6.05. The molecule has 0 radical (unpaired) electrons. The maximum Gasteiger partial charge on any atom is 0.250 e. The molecule has 3 heteroatoms. The van der Waals surface area contributed by atoms with Crippen LogP contribution < -0.4 is 5.73 Å². The number of amides is 1. The topological polar surface area (TPSA) is 48.0 Å². The zero-order valence-electron chi connectivity index (χ0n) is 11.2. The Kier molecular flexibility index (Phi) is 2.99. The molecular weight excluding hydrogens is 224 g/mol. The minimum absolute atomic E-state index is 0.375. The lowest BCUT2D eigenvalue weighted by molar-refractivity contribution is 0.0999. The standard InChI is InChI=1S/C15H18N2O/c1-9-5-6-10(2)12(7-9)14-8-13(15(16)18)11(3)17(14)4/h5-8H,1-4H3,(H2,16,18). The molecule has 2 aromatic rings. The van der Waals surface area contributed by atoms with Crippen molar-refractivity contribution in [3.63, 3.8) is 0 Å². The summed E-state index contributed by atoms with van der Waals surface area (Å²) in [6.07, 6.45) is 0. The van der Waals surface area contributed by atoms with E-state index in [-0.39, 0.29) is 5.91 Å². The smallest absolute Gasteiger partial charge is 0.250 e. The predicted octanol–water partition coefficient (Wildman–Crippen LogP) is 2.72. The van der Waals surface area contributed by atoms with E-state index in [1.807, 2.05) is 24.6 Å². The van der Waals surface area contributed by atoms with Crippen molar-refractivity contribution in [1.29, 1.82) is 0 Å². The minimum Gasteiger partial charge on any atom is -0.366 e. The average Bonchev–Trinajstić information content (AvgIpc) is 2.60. The Bertz CT molecular complexity index is 624. The van der Waals surface area contributed by atoms with Crippen LogP contribution in [0.15, 0.2) is 24.3 Å². The van der Waals surface area contributed by atoms with Gasteiger partial charge in [-0.2, -0.15) is 0 Å². The van der Waals surface area contributed by atoms with Crippen molar-refractivity contribution < 1.29 is 4.79 Å². The molecule has 1 aromatic carbocycles. The van der Waals surface area contributed by atoms with Gasteiger partial charge in [0.15, 0.2) is 0 Å². The second-order valence-electron chi connectivity index (χ2n) is 4.77. The van der Waals surface area contributed by atoms with Crippen LogP contribution in [-0.2, 0) is 7.05 Å². The molecule has 0 aliphatic heterocycles. The van der Waals surface area contributed by atoms with E-state index in [1.54, 1.807) is 0 Å². The van der Waals surface area contributed by atoms with Gasteiger partial charge in [-0.15, -0.1) is 0 Å². The maximum atomic E-state index is 11.4. The van der Waals surface area contributed by atoms with E-state index in [2.05, 4.69) is 32.0 Å². The summed E-state index contributed by atoms with van der Waals surface area (Å²) in [5.74, 6) is -0.375. The molecule has 3 nitrogen and oxygen atoms in total. The van der Waals surface area contributed by atoms with Crippen LogP contribution in [0.5, 0.6) is 0 Å². The zero-order valence-corrected chi connectivity index (χ0v) is 11.2. The van der Waals surface area contributed by atoms with Crippen molar-refractivity contribution in [3.05, 3.63) is 46.6 Å². The fourth-order valence-electron chi connectivity index (χ4n) is 2.22. The number of primary amides is 1. The van der Waals surface area contributed by atoms with Crippen molar-refractivity contribution in [3.8, 4) is 11.3 Å². The summed E-state index contributed by atoms with van der Waals surface area (Å²) in [7, 11) is 1.96. The van der Waals surface area contributed by atoms with Gasteiger partial charge in [-0.3, -0.25) is 4.79 Å². The Morgan fingerprint density at radius 2 is 1.83 bits per heavy atom. The zero-order chi connectivity index (χ0) is 13.4. The number of carbonyl (C=O) groups is 1. The third kappa shape index (κ3) is 1.92. The summed E-state index contributed by atoms with van der Waals surface area (Å²) < 4.78 is 2.02. The van der Waals surface area contributed by atoms with Crippen LogP contribution >= 0.6 is 0 Å². The third-order valence-corrected chi connectivity index (χ3v) is 3.47. The molecule has 2 rings (SSSR count). The van der Waals surface area contributed by atoms with Crippen LogP contribution in [-0.4, -0.2) is 10.5 Å². The first kappa shape index (κ1) is 12.4. The maximum absolute atomic E-state index is 11.4. The Labute approximate surface area is 107 Å². The van der Waals surface area contributed by atoms with Crippen molar-refractivity contribution in [2.75, 3.05) is 0 Å². The predicted molar refractivity (Wildman–Crippen MR) is 73.6 cm³/mol. The largest absolute Gasteiger partial charge is 0.366 e. The van der Waals surface area contributed by atoms with Gasteiger partial charge in [-0.1, -0.05) is 17.7 Å². The number of nitrogens with two attached hydrogens (primary N) is 1. The first-order valence-electron chi connectivity index (χ1n) is 5.95. The number of aryl methyl sites for hydroxylation is 2. The molecule has 0 spiro atoms. The number of hydrogen-bond donors (Lipinski definition) is 1. The summed E-state index contributed by atoms with van der Waals surface area (Å²) in [5.41, 5.74) is 11.5. The molecule has 0 saturated carbocycles. The third-order valence-electron chi connectivity index (χ3n) is 3.47. The number of hydrogen-bond acceptors (Lipinski definition) is 1. The van der Waals surface area contributed by atoms with Crippen LogP contribution in [0.2, 0.25) is 0 Å². The number of carbonyl (C=O) groups excluding carboxylic acids is 1. The van der Waals surface area contributed by atoms with Crippen molar-refractivity contribution >= 4 is 5.91 Å². The molecule has 1 heterocycles. The Morgan fingerprint density at radius 1 is 1.17 bits per heavy atom. The molecule has 0 aliphatic rings. The highest BCUT2D eigenvalue weighted by Crippen LogP contribution is 2.28. The van der Waals surface area contributed by atoms with Gasteiger partial charge >= 0.3 is 0 Å². The van der Waals surface area contributed by atoms with Gasteiger partial charge in [-0.25, -0.2) is 0 Å². The lowest BCUT2D eigenvalue weighted by Gasteiger charge is -2.09. The molecule has 0 fully saturated rings. The molecule has 0 aliphatic carbocycles. The van der Waals surface area contributed by atoms with Gasteiger partial charge in [0.2, 0.25) is 0 Å². The lowest BCUT2D eigenvalue weighted by Crippen LogP contribution is -2.11. The van der Waals surface area contributed by atoms with Gasteiger partial charge in [0.05, 0.1) is 5.56 Å². The van der Waals surface area contributed by atoms with Gasteiger partial charge in [0.1, 0.15) is 0 Å². The van der Waals surface area contributed by atoms with Gasteiger partial charge in [0.25, 0.3) is 5.91 Å². The molecule has 94 valence electrons. The summed E-state index contributed by atoms with van der Waals surface area (Å²) >= 11 is 0. The van der Waals surface area contributed by atoms with E-state index in [0.29, 0.717) is 5.56 Å². The molecule has 18 heavy (non-hydrogen) atoms. The quantitative estimate of drug-likeness (QED) is 0.864. The lowest BCUT2D eigenvalue weighted by atomic mass is 10.0. The molecule has 0 unspecified atom stereocenters. The monoisotopic (exact) mass is 242 g/mol. The van der Waals surface area contributed by atoms with Crippen molar-refractivity contribution in [2.24, 2.45) is 12.8 Å². The number of aromatic nitrogens is 1. The fourth-order valence-corrected chi connectivity index (χ4v) is 2.22. The van der Waals surface area contributed by atoms with Crippen LogP contribution in [0.1, 0.15) is 27.2 Å². The molecule has 0 saturated heterocycles. The highest BCUT2D eigenvalue weighted by atomic mass is 16.1. The number of rotatable bonds is 2. The molecule has 2 N–H and O–H groups in total. The molecule has 0 atom stereocenters. The molecule has 1 amide bonds. The average molecular weight is 242 g/mol. The van der Waals surface area contributed by atoms with Crippen molar-refractivity contribution in [1.82, 2.24) is 4.57 Å². The number of benzene rings is 1. The van der Waals surface area contributed by atoms with Crippen molar-refractivity contribution in [2.45, 2.75) is 20.8 Å². The molecule has 1 aromatic heterocycles.